The van der Waals surface area contributed by atoms with Crippen LogP contribution in [0.2, 0.25) is 0 Å². The third-order valence-electron chi connectivity index (χ3n) is 19.0. The number of unbranched alkanes of at least 4 members (excludes halogenated alkanes) is 29. The van der Waals surface area contributed by atoms with Gasteiger partial charge in [-0.1, -0.05) is 375 Å². The molecule has 5 unspecified atom stereocenters. The molecule has 0 aromatic carbocycles. The van der Waals surface area contributed by atoms with Crippen LogP contribution in [0.15, 0.2) is 207 Å². The van der Waals surface area contributed by atoms with E-state index in [1.165, 1.54) is 83.5 Å². The van der Waals surface area contributed by atoms with Gasteiger partial charge in [0.2, 0.25) is 0 Å². The lowest BCUT2D eigenvalue weighted by Gasteiger charge is -2.21. The molecule has 676 valence electrons. The smallest absolute Gasteiger partial charge is 0.463 e. The second-order valence-corrected chi connectivity index (χ2v) is 33.2. The van der Waals surface area contributed by atoms with Crippen LogP contribution in [0, 0.1) is 0 Å². The highest BCUT2D eigenvalue weighted by Gasteiger charge is 2.29. The van der Waals surface area contributed by atoms with Gasteiger partial charge in [0.25, 0.3) is 0 Å². The van der Waals surface area contributed by atoms with Gasteiger partial charge in [-0.05, 0) is 167 Å². The number of aliphatic hydroxyl groups excluding tert-OH is 2. The zero-order chi connectivity index (χ0) is 86.5. The summed E-state index contributed by atoms with van der Waals surface area (Å²) < 4.78 is 61.5. The summed E-state index contributed by atoms with van der Waals surface area (Å²) in [5.41, 5.74) is 0. The molecule has 0 radical (unpaired) electrons. The van der Waals surface area contributed by atoms with E-state index in [-0.39, 0.29) is 19.3 Å². The van der Waals surface area contributed by atoms with Crippen molar-refractivity contribution < 1.29 is 75.8 Å². The Morgan fingerprint density at radius 2 is 0.420 bits per heavy atom. The average molecular weight is 1700 g/mol. The van der Waals surface area contributed by atoms with Crippen molar-refractivity contribution in [3.8, 4) is 0 Å². The van der Waals surface area contributed by atoms with Crippen LogP contribution in [0.1, 0.15) is 355 Å². The Labute approximate surface area is 724 Å². The van der Waals surface area contributed by atoms with Crippen molar-refractivity contribution in [1.29, 1.82) is 0 Å². The number of phosphoric ester groups is 2. The van der Waals surface area contributed by atoms with Crippen LogP contribution < -0.4 is 0 Å². The van der Waals surface area contributed by atoms with Crippen LogP contribution in [0.4, 0.5) is 0 Å². The Morgan fingerprint density at radius 1 is 0.235 bits per heavy atom. The van der Waals surface area contributed by atoms with E-state index in [9.17, 15) is 43.5 Å². The van der Waals surface area contributed by atoms with E-state index in [2.05, 4.69) is 227 Å². The quantitative estimate of drug-likeness (QED) is 0.0146. The van der Waals surface area contributed by atoms with Crippen LogP contribution in [0.25, 0.3) is 0 Å². The number of hydrogen-bond donors (Lipinski definition) is 4. The molecule has 5 atom stereocenters. The van der Waals surface area contributed by atoms with Gasteiger partial charge in [0.1, 0.15) is 25.4 Å². The van der Waals surface area contributed by atoms with Gasteiger partial charge in [-0.2, -0.15) is 0 Å². The standard InChI is InChI=1S/C101H166O16P2/c1-4-7-10-13-16-19-22-25-28-31-34-37-40-43-45-47-49-52-54-57-60-63-66-69-72-75-78-81-84-87-99(104)111-90-96(102)91-113-118(107,108)114-92-97(103)93-115-119(109,110)116-95-98(117-101(106)89-86-83-80-77-74-71-68-65-62-59-56-51-42-39-36-33-30-27-24-21-18-15-12-9-6-3)94-112-100(105)88-85-82-79-76-73-70-67-64-61-58-55-53-50-48-46-44-41-38-35-32-29-26-23-20-17-14-11-8-5-2/h7-12,16-21,25-30,34-39,43-46,49-53,56,96-98,102-103H,4-6,13-15,22-24,31-33,40-42,47-48,54-55,57-95H2,1-3H3,(H,107,108)(H,109,110)/b10-7-,11-8-,12-9-,19-16-,20-17-,21-18-,28-25-,29-26-,30-27-,37-34-,38-35-,39-36-,45-43-,46-44-,52-49-,53-50-,56-51-. The molecule has 16 nitrogen and oxygen atoms in total. The lowest BCUT2D eigenvalue weighted by Crippen LogP contribution is -2.30. The number of carbonyl (C=O) groups is 3. The fourth-order valence-electron chi connectivity index (χ4n) is 12.1. The molecule has 0 fully saturated rings. The van der Waals surface area contributed by atoms with Crippen molar-refractivity contribution in [1.82, 2.24) is 0 Å². The molecule has 0 aliphatic heterocycles. The number of rotatable bonds is 86. The first-order valence-corrected chi connectivity index (χ1v) is 49.4. The molecule has 0 saturated carbocycles. The minimum absolute atomic E-state index is 0.0887. The van der Waals surface area contributed by atoms with Crippen LogP contribution in [-0.4, -0.2) is 95.9 Å². The molecule has 0 aromatic heterocycles. The Hall–Kier alpha value is -5.87. The lowest BCUT2D eigenvalue weighted by atomic mass is 10.1. The Balaban J connectivity index is 4.69. The van der Waals surface area contributed by atoms with E-state index in [1.807, 2.05) is 0 Å². The second kappa shape index (κ2) is 91.3. The van der Waals surface area contributed by atoms with Gasteiger partial charge in [-0.25, -0.2) is 9.13 Å². The van der Waals surface area contributed by atoms with E-state index >= 15 is 0 Å². The van der Waals surface area contributed by atoms with Crippen molar-refractivity contribution in [3.63, 3.8) is 0 Å². The van der Waals surface area contributed by atoms with E-state index in [1.54, 1.807) is 0 Å². The summed E-state index contributed by atoms with van der Waals surface area (Å²) in [6.45, 7) is 2.35. The molecular formula is C101H166O16P2. The predicted octanol–water partition coefficient (Wildman–Crippen LogP) is 28.8. The fourth-order valence-corrected chi connectivity index (χ4v) is 13.7. The SMILES string of the molecule is CC/C=C\C/C=C\C/C=C\C/C=C\C/C=C\C/C=C\CCCCCCCCCCCCC(=O)OCC(O)COP(=O)(O)OCC(O)COP(=O)(O)OCC(COC(=O)CCCCCCCCCCCC/C=C\C/C=C\C/C=C\C/C=C\C/C=C\C/C=C\CC)OC(=O)CCCCCCCCCCC/C=C\C/C=C\C/C=C\C/C=C\C/C=C\CC. The molecule has 0 amide bonds. The lowest BCUT2D eigenvalue weighted by molar-refractivity contribution is -0.161. The minimum atomic E-state index is -4.95. The Morgan fingerprint density at radius 3 is 0.664 bits per heavy atom. The van der Waals surface area contributed by atoms with Crippen LogP contribution in [0.5, 0.6) is 0 Å². The maximum absolute atomic E-state index is 13.1. The van der Waals surface area contributed by atoms with Crippen LogP contribution in [-0.2, 0) is 55.8 Å². The average Bonchev–Trinajstić information content (AvgIpc) is 0.891. The molecular weight excluding hydrogens is 1530 g/mol. The number of hydrogen-bond acceptors (Lipinski definition) is 14. The van der Waals surface area contributed by atoms with Crippen molar-refractivity contribution in [2.24, 2.45) is 0 Å². The third kappa shape index (κ3) is 92.7. The van der Waals surface area contributed by atoms with Gasteiger partial charge in [0.15, 0.2) is 6.10 Å². The first kappa shape index (κ1) is 113. The molecule has 0 aliphatic rings. The Bertz CT molecular complexity index is 2990. The maximum atomic E-state index is 13.1. The summed E-state index contributed by atoms with van der Waals surface area (Å²) in [4.78, 5) is 59.1. The summed E-state index contributed by atoms with van der Waals surface area (Å²) in [5, 5.41) is 20.7. The Kier molecular flexibility index (Phi) is 86.8. The minimum Gasteiger partial charge on any atom is -0.463 e. The first-order chi connectivity index (χ1) is 58.2. The van der Waals surface area contributed by atoms with E-state index in [4.69, 9.17) is 32.3 Å². The number of ether oxygens (including phenoxy) is 3. The number of allylic oxidation sites excluding steroid dienone is 34. The molecule has 0 aliphatic carbocycles. The van der Waals surface area contributed by atoms with Gasteiger partial charge in [-0.3, -0.25) is 32.5 Å². The highest BCUT2D eigenvalue weighted by atomic mass is 31.2. The van der Waals surface area contributed by atoms with Crippen LogP contribution >= 0.6 is 15.6 Å². The zero-order valence-electron chi connectivity index (χ0n) is 74.5. The second-order valence-electron chi connectivity index (χ2n) is 30.3. The van der Waals surface area contributed by atoms with Gasteiger partial charge in [-0.15, -0.1) is 0 Å². The zero-order valence-corrected chi connectivity index (χ0v) is 76.2. The molecule has 18 heteroatoms. The largest absolute Gasteiger partial charge is 0.472 e. The number of aliphatic hydroxyl groups is 2. The van der Waals surface area contributed by atoms with Gasteiger partial charge >= 0.3 is 33.6 Å². The fraction of sp³-hybridized carbons (Fsp3) is 0.634. The van der Waals surface area contributed by atoms with Crippen molar-refractivity contribution in [3.05, 3.63) is 207 Å². The van der Waals surface area contributed by atoms with E-state index < -0.39 is 91.5 Å². The number of phosphoric acid groups is 2. The molecule has 0 bridgehead atoms. The van der Waals surface area contributed by atoms with Gasteiger partial charge < -0.3 is 34.2 Å². The van der Waals surface area contributed by atoms with E-state index in [0.717, 1.165) is 212 Å². The monoisotopic (exact) mass is 1700 g/mol. The predicted molar refractivity (Wildman–Crippen MR) is 500 cm³/mol. The summed E-state index contributed by atoms with van der Waals surface area (Å²) in [6, 6.07) is 0. The van der Waals surface area contributed by atoms with Gasteiger partial charge in [0.05, 0.1) is 26.4 Å². The summed E-state index contributed by atoms with van der Waals surface area (Å²) in [7, 11) is -9.83. The number of carbonyl (C=O) groups excluding carboxylic acids is 3. The molecule has 119 heavy (non-hydrogen) atoms. The first-order valence-electron chi connectivity index (χ1n) is 46.4. The highest BCUT2D eigenvalue weighted by molar-refractivity contribution is 7.47. The molecule has 0 aromatic rings. The van der Waals surface area contributed by atoms with Crippen molar-refractivity contribution >= 4 is 33.6 Å². The van der Waals surface area contributed by atoms with Crippen molar-refractivity contribution in [2.45, 2.75) is 373 Å². The molecule has 4 N–H and O–H groups in total. The van der Waals surface area contributed by atoms with E-state index in [0.29, 0.717) is 19.3 Å². The molecule has 0 spiro atoms. The normalized spacial score (nSPS) is 14.7. The molecule has 0 rings (SSSR count). The maximum Gasteiger partial charge on any atom is 0.472 e. The summed E-state index contributed by atoms with van der Waals surface area (Å²) in [6.07, 6.45) is 123. The summed E-state index contributed by atoms with van der Waals surface area (Å²) >= 11 is 0. The molecule has 0 heterocycles. The highest BCUT2D eigenvalue weighted by Crippen LogP contribution is 2.45. The third-order valence-corrected chi connectivity index (χ3v) is 20.9. The van der Waals surface area contributed by atoms with Crippen LogP contribution in [0.3, 0.4) is 0 Å². The van der Waals surface area contributed by atoms with Gasteiger partial charge in [0, 0.05) is 19.3 Å². The topological polar surface area (TPSA) is 231 Å². The van der Waals surface area contributed by atoms with Crippen molar-refractivity contribution in [2.75, 3.05) is 39.6 Å². The molecule has 0 saturated heterocycles. The number of esters is 3. The summed E-state index contributed by atoms with van der Waals surface area (Å²) in [5.74, 6) is -1.59.